The second-order valence-electron chi connectivity index (χ2n) is 4.53. The minimum Gasteiger partial charge on any atom is -0.497 e. The third-order valence-electron chi connectivity index (χ3n) is 3.05. The lowest BCUT2D eigenvalue weighted by molar-refractivity contribution is 0.107. The van der Waals surface area contributed by atoms with Gasteiger partial charge in [-0.25, -0.2) is 0 Å². The van der Waals surface area contributed by atoms with Crippen molar-refractivity contribution in [3.05, 3.63) is 58.1 Å². The Balaban J connectivity index is 2.01. The molecule has 0 aliphatic rings. The molecule has 112 valence electrons. The number of hydrogen-bond acceptors (Lipinski definition) is 4. The van der Waals surface area contributed by atoms with Gasteiger partial charge in [0.1, 0.15) is 24.2 Å². The maximum atomic E-state index is 10.2. The van der Waals surface area contributed by atoms with Crippen molar-refractivity contribution in [2.75, 3.05) is 13.7 Å². The van der Waals surface area contributed by atoms with Crippen LogP contribution in [0.4, 0.5) is 0 Å². The van der Waals surface area contributed by atoms with E-state index in [1.807, 2.05) is 18.2 Å². The first-order valence-electron chi connectivity index (χ1n) is 6.48. The van der Waals surface area contributed by atoms with Crippen molar-refractivity contribution in [2.24, 2.45) is 0 Å². The molecule has 0 saturated heterocycles. The van der Waals surface area contributed by atoms with E-state index < -0.39 is 6.10 Å². The van der Waals surface area contributed by atoms with Crippen molar-refractivity contribution in [2.45, 2.75) is 12.7 Å². The van der Waals surface area contributed by atoms with Gasteiger partial charge in [-0.05, 0) is 51.3 Å². The van der Waals surface area contributed by atoms with Gasteiger partial charge in [0.25, 0.3) is 0 Å². The number of aliphatic hydroxyl groups excluding tert-OH is 2. The Bertz CT molecular complexity index is 601. The molecule has 0 amide bonds. The van der Waals surface area contributed by atoms with Crippen molar-refractivity contribution in [3.63, 3.8) is 0 Å². The average Bonchev–Trinajstić information content (AvgIpc) is 2.53. The van der Waals surface area contributed by atoms with E-state index in [1.54, 1.807) is 31.4 Å². The van der Waals surface area contributed by atoms with Gasteiger partial charge in [0, 0.05) is 0 Å². The Morgan fingerprint density at radius 1 is 1.19 bits per heavy atom. The van der Waals surface area contributed by atoms with Gasteiger partial charge in [-0.1, -0.05) is 18.2 Å². The van der Waals surface area contributed by atoms with Gasteiger partial charge in [-0.2, -0.15) is 0 Å². The summed E-state index contributed by atoms with van der Waals surface area (Å²) in [5.41, 5.74) is 1.53. The van der Waals surface area contributed by atoms with E-state index >= 15 is 0 Å². The second kappa shape index (κ2) is 7.45. The largest absolute Gasteiger partial charge is 0.497 e. The molecule has 0 heterocycles. The van der Waals surface area contributed by atoms with Gasteiger partial charge in [-0.3, -0.25) is 0 Å². The number of aliphatic hydroxyl groups is 2. The van der Waals surface area contributed by atoms with Gasteiger partial charge >= 0.3 is 0 Å². The maximum absolute atomic E-state index is 10.2. The molecule has 21 heavy (non-hydrogen) atoms. The molecule has 2 aromatic carbocycles. The maximum Gasteiger partial charge on any atom is 0.133 e. The zero-order valence-electron chi connectivity index (χ0n) is 11.6. The van der Waals surface area contributed by atoms with Gasteiger partial charge in [-0.15, -0.1) is 0 Å². The zero-order chi connectivity index (χ0) is 15.2. The van der Waals surface area contributed by atoms with Gasteiger partial charge in [0.2, 0.25) is 0 Å². The lowest BCUT2D eigenvalue weighted by Crippen LogP contribution is -2.10. The molecule has 0 aliphatic heterocycles. The minimum absolute atomic E-state index is 0.0225. The molecule has 2 rings (SSSR count). The topological polar surface area (TPSA) is 58.9 Å². The van der Waals surface area contributed by atoms with Crippen molar-refractivity contribution in [3.8, 4) is 11.5 Å². The molecule has 0 fully saturated rings. The fourth-order valence-corrected chi connectivity index (χ4v) is 2.41. The van der Waals surface area contributed by atoms with E-state index in [4.69, 9.17) is 14.6 Å². The summed E-state index contributed by atoms with van der Waals surface area (Å²) in [5.74, 6) is 1.31. The van der Waals surface area contributed by atoms with Crippen LogP contribution < -0.4 is 9.47 Å². The molecule has 0 aliphatic carbocycles. The minimum atomic E-state index is -0.746. The van der Waals surface area contributed by atoms with Crippen LogP contribution >= 0.6 is 15.9 Å². The van der Waals surface area contributed by atoms with Crippen molar-refractivity contribution in [1.82, 2.24) is 0 Å². The predicted octanol–water partition coefficient (Wildman–Crippen LogP) is 3.06. The van der Waals surface area contributed by atoms with Crippen LogP contribution in [0.2, 0.25) is 0 Å². The summed E-state index contributed by atoms with van der Waals surface area (Å²) in [4.78, 5) is 0. The SMILES string of the molecule is COc1cccc(C(O)COc2ccc(CO)cc2Br)c1. The van der Waals surface area contributed by atoms with E-state index in [9.17, 15) is 5.11 Å². The van der Waals surface area contributed by atoms with Crippen LogP contribution in [0, 0.1) is 0 Å². The number of rotatable bonds is 6. The van der Waals surface area contributed by atoms with Crippen LogP contribution in [0.15, 0.2) is 46.9 Å². The van der Waals surface area contributed by atoms with E-state index in [0.717, 1.165) is 15.6 Å². The number of benzene rings is 2. The molecule has 2 aromatic rings. The van der Waals surface area contributed by atoms with Gasteiger partial charge in [0.05, 0.1) is 18.2 Å². The molecule has 4 nitrogen and oxygen atoms in total. The number of ether oxygens (including phenoxy) is 2. The van der Waals surface area contributed by atoms with Gasteiger partial charge < -0.3 is 19.7 Å². The highest BCUT2D eigenvalue weighted by Gasteiger charge is 2.11. The summed E-state index contributed by atoms with van der Waals surface area (Å²) in [5, 5.41) is 19.2. The number of methoxy groups -OCH3 is 1. The van der Waals surface area contributed by atoms with Crippen molar-refractivity contribution >= 4 is 15.9 Å². The summed E-state index contributed by atoms with van der Waals surface area (Å²) in [6.07, 6.45) is -0.746. The standard InChI is InChI=1S/C16H17BrO4/c1-20-13-4-2-3-12(8-13)15(19)10-21-16-6-5-11(9-18)7-14(16)17/h2-8,15,18-19H,9-10H2,1H3. The fraction of sp³-hybridized carbons (Fsp3) is 0.250. The molecular weight excluding hydrogens is 336 g/mol. The smallest absolute Gasteiger partial charge is 0.133 e. The van der Waals surface area contributed by atoms with Crippen LogP contribution in [0.25, 0.3) is 0 Å². The highest BCUT2D eigenvalue weighted by Crippen LogP contribution is 2.27. The fourth-order valence-electron chi connectivity index (χ4n) is 1.87. The summed E-state index contributed by atoms with van der Waals surface area (Å²) >= 11 is 3.38. The van der Waals surface area contributed by atoms with Crippen molar-refractivity contribution < 1.29 is 19.7 Å². The molecule has 0 spiro atoms. The summed E-state index contributed by atoms with van der Waals surface area (Å²) in [7, 11) is 1.59. The first-order chi connectivity index (χ1) is 10.1. The first-order valence-corrected chi connectivity index (χ1v) is 7.27. The summed E-state index contributed by atoms with van der Waals surface area (Å²) in [6.45, 7) is 0.107. The quantitative estimate of drug-likeness (QED) is 0.838. The highest BCUT2D eigenvalue weighted by atomic mass is 79.9. The molecule has 5 heteroatoms. The molecule has 0 radical (unpaired) electrons. The second-order valence-corrected chi connectivity index (χ2v) is 5.38. The lowest BCUT2D eigenvalue weighted by Gasteiger charge is -2.14. The van der Waals surface area contributed by atoms with Crippen LogP contribution in [0.5, 0.6) is 11.5 Å². The Morgan fingerprint density at radius 2 is 2.00 bits per heavy atom. The number of halogens is 1. The van der Waals surface area contributed by atoms with E-state index in [2.05, 4.69) is 15.9 Å². The molecular formula is C16H17BrO4. The third kappa shape index (κ3) is 4.20. The molecule has 0 bridgehead atoms. The zero-order valence-corrected chi connectivity index (χ0v) is 13.2. The Hall–Kier alpha value is -1.56. The molecule has 1 atom stereocenters. The number of hydrogen-bond donors (Lipinski definition) is 2. The summed E-state index contributed by atoms with van der Waals surface area (Å²) in [6, 6.07) is 12.6. The van der Waals surface area contributed by atoms with E-state index in [0.29, 0.717) is 11.5 Å². The van der Waals surface area contributed by atoms with Gasteiger partial charge in [0.15, 0.2) is 0 Å². The molecule has 1 unspecified atom stereocenters. The third-order valence-corrected chi connectivity index (χ3v) is 3.67. The first kappa shape index (κ1) is 15.8. The van der Waals surface area contributed by atoms with E-state index in [-0.39, 0.29) is 13.2 Å². The van der Waals surface area contributed by atoms with Crippen LogP contribution in [0.1, 0.15) is 17.2 Å². The average molecular weight is 353 g/mol. The van der Waals surface area contributed by atoms with Crippen molar-refractivity contribution in [1.29, 1.82) is 0 Å². The predicted molar refractivity (Wildman–Crippen MR) is 83.5 cm³/mol. The van der Waals surface area contributed by atoms with Crippen LogP contribution in [-0.2, 0) is 6.61 Å². The monoisotopic (exact) mass is 352 g/mol. The van der Waals surface area contributed by atoms with Crippen LogP contribution in [0.3, 0.4) is 0 Å². The molecule has 2 N–H and O–H groups in total. The Kier molecular flexibility index (Phi) is 5.61. The molecule has 0 aromatic heterocycles. The Morgan fingerprint density at radius 3 is 2.67 bits per heavy atom. The highest BCUT2D eigenvalue weighted by molar-refractivity contribution is 9.10. The molecule has 0 saturated carbocycles. The van der Waals surface area contributed by atoms with E-state index in [1.165, 1.54) is 0 Å². The Labute approximate surface area is 132 Å². The summed E-state index contributed by atoms with van der Waals surface area (Å²) < 4.78 is 11.5. The van der Waals surface area contributed by atoms with Crippen LogP contribution in [-0.4, -0.2) is 23.9 Å². The lowest BCUT2D eigenvalue weighted by atomic mass is 10.1. The normalized spacial score (nSPS) is 12.0.